The first-order chi connectivity index (χ1) is 11.8. The molecule has 0 saturated carbocycles. The van der Waals surface area contributed by atoms with E-state index < -0.39 is 0 Å². The van der Waals surface area contributed by atoms with Crippen molar-refractivity contribution in [1.29, 1.82) is 0 Å². The number of nitrogens with one attached hydrogen (secondary N) is 1. The Balaban J connectivity index is 1.78. The first-order valence-corrected chi connectivity index (χ1v) is 8.07. The fourth-order valence-corrected chi connectivity index (χ4v) is 2.99. The van der Waals surface area contributed by atoms with Crippen molar-refractivity contribution in [3.63, 3.8) is 0 Å². The highest BCUT2D eigenvalue weighted by molar-refractivity contribution is 6.13. The molecular weight excluding hydrogens is 292 g/mol. The number of rotatable bonds is 3. The van der Waals surface area contributed by atoms with Gasteiger partial charge in [-0.25, -0.2) is 0 Å². The maximum atomic E-state index is 4.47. The third-order valence-corrected chi connectivity index (χ3v) is 4.25. The van der Waals surface area contributed by atoms with E-state index in [-0.39, 0.29) is 0 Å². The molecule has 0 amide bonds. The fourth-order valence-electron chi connectivity index (χ4n) is 2.99. The van der Waals surface area contributed by atoms with Crippen LogP contribution in [0.2, 0.25) is 0 Å². The lowest BCUT2D eigenvalue weighted by molar-refractivity contribution is 1.34. The van der Waals surface area contributed by atoms with E-state index in [1.165, 1.54) is 27.1 Å². The van der Waals surface area contributed by atoms with Crippen molar-refractivity contribution < 1.29 is 0 Å². The van der Waals surface area contributed by atoms with Crippen LogP contribution in [0.1, 0.15) is 11.1 Å². The molecule has 4 rings (SSSR count). The summed E-state index contributed by atoms with van der Waals surface area (Å²) in [4.78, 5) is 0. The maximum Gasteiger partial charge on any atom is 0.0561 e. The molecule has 0 spiro atoms. The van der Waals surface area contributed by atoms with Crippen molar-refractivity contribution in [3.8, 4) is 0 Å². The van der Waals surface area contributed by atoms with Gasteiger partial charge < -0.3 is 0 Å². The standard InChI is InChI=1S/C22H18N2/c1-16-10-12-19(13-11-16)24-23-15-22-20-8-4-2-6-17(20)14-18-7-3-5-9-21(18)22/h2-15,24H,1H3/b23-15+. The molecule has 1 N–H and O–H groups in total. The molecule has 0 saturated heterocycles. The Hall–Kier alpha value is -3.13. The largest absolute Gasteiger partial charge is 0.279 e. The van der Waals surface area contributed by atoms with Crippen molar-refractivity contribution in [2.75, 3.05) is 5.43 Å². The first kappa shape index (κ1) is 14.5. The molecule has 0 bridgehead atoms. The van der Waals surface area contributed by atoms with Gasteiger partial charge in [-0.3, -0.25) is 5.43 Å². The smallest absolute Gasteiger partial charge is 0.0561 e. The zero-order chi connectivity index (χ0) is 16.4. The lowest BCUT2D eigenvalue weighted by atomic mass is 9.97. The number of benzene rings is 4. The summed E-state index contributed by atoms with van der Waals surface area (Å²) in [6, 6.07) is 27.3. The minimum Gasteiger partial charge on any atom is -0.279 e. The normalized spacial score (nSPS) is 11.4. The zero-order valence-electron chi connectivity index (χ0n) is 13.5. The molecule has 0 radical (unpaired) electrons. The predicted octanol–water partition coefficient (Wildman–Crippen LogP) is 5.75. The Morgan fingerprint density at radius 1 is 0.750 bits per heavy atom. The lowest BCUT2D eigenvalue weighted by Gasteiger charge is -2.08. The van der Waals surface area contributed by atoms with Gasteiger partial charge in [-0.2, -0.15) is 5.10 Å². The number of anilines is 1. The van der Waals surface area contributed by atoms with Crippen LogP contribution in [0.15, 0.2) is 84.0 Å². The molecule has 0 heterocycles. The van der Waals surface area contributed by atoms with E-state index in [0.29, 0.717) is 0 Å². The van der Waals surface area contributed by atoms with E-state index in [0.717, 1.165) is 11.3 Å². The van der Waals surface area contributed by atoms with Gasteiger partial charge >= 0.3 is 0 Å². The summed E-state index contributed by atoms with van der Waals surface area (Å²) in [6.45, 7) is 2.08. The van der Waals surface area contributed by atoms with Gasteiger partial charge in [0, 0.05) is 5.56 Å². The second kappa shape index (κ2) is 6.17. The average molecular weight is 310 g/mol. The van der Waals surface area contributed by atoms with Crippen molar-refractivity contribution in [2.24, 2.45) is 5.10 Å². The summed E-state index contributed by atoms with van der Waals surface area (Å²) >= 11 is 0. The Morgan fingerprint density at radius 2 is 1.33 bits per heavy atom. The molecule has 2 nitrogen and oxygen atoms in total. The van der Waals surface area contributed by atoms with Crippen LogP contribution in [-0.2, 0) is 0 Å². The Kier molecular flexibility index (Phi) is 3.72. The highest BCUT2D eigenvalue weighted by Crippen LogP contribution is 2.27. The molecule has 2 heteroatoms. The van der Waals surface area contributed by atoms with E-state index in [9.17, 15) is 0 Å². The monoisotopic (exact) mass is 310 g/mol. The molecule has 116 valence electrons. The molecule has 0 aliphatic rings. The van der Waals surface area contributed by atoms with Gasteiger partial charge in [0.1, 0.15) is 0 Å². The quantitative estimate of drug-likeness (QED) is 0.291. The number of hydrogen-bond acceptors (Lipinski definition) is 2. The van der Waals surface area contributed by atoms with Gasteiger partial charge in [-0.15, -0.1) is 0 Å². The van der Waals surface area contributed by atoms with E-state index >= 15 is 0 Å². The maximum absolute atomic E-state index is 4.47. The number of nitrogens with zero attached hydrogens (tertiary/aromatic N) is 1. The SMILES string of the molecule is Cc1ccc(N/N=C/c2c3ccccc3cc3ccccc23)cc1. The van der Waals surface area contributed by atoms with Crippen molar-refractivity contribution >= 4 is 33.4 Å². The molecular formula is C22H18N2. The molecule has 0 atom stereocenters. The topological polar surface area (TPSA) is 24.4 Å². The Labute approximate surface area is 141 Å². The van der Waals surface area contributed by atoms with E-state index in [1.54, 1.807) is 0 Å². The summed E-state index contributed by atoms with van der Waals surface area (Å²) in [7, 11) is 0. The molecule has 0 aliphatic carbocycles. The van der Waals surface area contributed by atoms with Crippen molar-refractivity contribution in [1.82, 2.24) is 0 Å². The van der Waals surface area contributed by atoms with Gasteiger partial charge in [-0.05, 0) is 46.7 Å². The van der Waals surface area contributed by atoms with Crippen LogP contribution in [0.5, 0.6) is 0 Å². The molecule has 4 aromatic carbocycles. The van der Waals surface area contributed by atoms with Crippen LogP contribution in [-0.4, -0.2) is 6.21 Å². The third kappa shape index (κ3) is 2.74. The zero-order valence-corrected chi connectivity index (χ0v) is 13.5. The Morgan fingerprint density at radius 3 is 1.96 bits per heavy atom. The first-order valence-electron chi connectivity index (χ1n) is 8.07. The van der Waals surface area contributed by atoms with Gasteiger partial charge in [0.25, 0.3) is 0 Å². The van der Waals surface area contributed by atoms with Gasteiger partial charge in [0.2, 0.25) is 0 Å². The highest BCUT2D eigenvalue weighted by atomic mass is 15.3. The second-order valence-corrected chi connectivity index (χ2v) is 5.97. The number of hydrogen-bond donors (Lipinski definition) is 1. The van der Waals surface area contributed by atoms with E-state index in [1.807, 2.05) is 18.3 Å². The van der Waals surface area contributed by atoms with E-state index in [2.05, 4.69) is 84.2 Å². The Bertz CT molecular complexity index is 977. The summed E-state index contributed by atoms with van der Waals surface area (Å²) in [6.07, 6.45) is 1.92. The molecule has 4 aromatic rings. The highest BCUT2D eigenvalue weighted by Gasteiger charge is 2.05. The van der Waals surface area contributed by atoms with Crippen LogP contribution in [0, 0.1) is 6.92 Å². The van der Waals surface area contributed by atoms with Crippen molar-refractivity contribution in [2.45, 2.75) is 6.92 Å². The predicted molar refractivity (Wildman–Crippen MR) is 104 cm³/mol. The van der Waals surface area contributed by atoms with Gasteiger partial charge in [-0.1, -0.05) is 66.2 Å². The average Bonchev–Trinajstić information content (AvgIpc) is 2.63. The van der Waals surface area contributed by atoms with Crippen LogP contribution in [0.25, 0.3) is 21.5 Å². The molecule has 24 heavy (non-hydrogen) atoms. The third-order valence-electron chi connectivity index (χ3n) is 4.25. The lowest BCUT2D eigenvalue weighted by Crippen LogP contribution is -1.93. The van der Waals surface area contributed by atoms with E-state index in [4.69, 9.17) is 0 Å². The number of fused-ring (bicyclic) bond motifs is 2. The number of aryl methyl sites for hydroxylation is 1. The summed E-state index contributed by atoms with van der Waals surface area (Å²) in [5.74, 6) is 0. The van der Waals surface area contributed by atoms with Crippen LogP contribution in [0.4, 0.5) is 5.69 Å². The molecule has 0 unspecified atom stereocenters. The minimum atomic E-state index is 0.987. The summed E-state index contributed by atoms with van der Waals surface area (Å²) in [5.41, 5.74) is 6.49. The second-order valence-electron chi connectivity index (χ2n) is 5.97. The molecule has 0 aromatic heterocycles. The molecule has 0 fully saturated rings. The minimum absolute atomic E-state index is 0.987. The molecule has 0 aliphatic heterocycles. The summed E-state index contributed by atoms with van der Waals surface area (Å²) < 4.78 is 0. The summed E-state index contributed by atoms with van der Waals surface area (Å²) in [5, 5.41) is 9.35. The van der Waals surface area contributed by atoms with Crippen LogP contribution < -0.4 is 5.43 Å². The van der Waals surface area contributed by atoms with Gasteiger partial charge in [0.05, 0.1) is 11.9 Å². The van der Waals surface area contributed by atoms with Crippen LogP contribution >= 0.6 is 0 Å². The fraction of sp³-hybridized carbons (Fsp3) is 0.0455. The number of hydrazone groups is 1. The van der Waals surface area contributed by atoms with Crippen LogP contribution in [0.3, 0.4) is 0 Å². The van der Waals surface area contributed by atoms with Gasteiger partial charge in [0.15, 0.2) is 0 Å². The van der Waals surface area contributed by atoms with Crippen molar-refractivity contribution in [3.05, 3.63) is 90.0 Å².